The summed E-state index contributed by atoms with van der Waals surface area (Å²) in [6.07, 6.45) is -6.77. The summed E-state index contributed by atoms with van der Waals surface area (Å²) in [5.74, 6) is -25.7. The van der Waals surface area contributed by atoms with E-state index in [1.165, 1.54) is 48.5 Å². The van der Waals surface area contributed by atoms with E-state index in [-0.39, 0.29) is 10.5 Å². The summed E-state index contributed by atoms with van der Waals surface area (Å²) in [7, 11) is -11.4. The lowest BCUT2D eigenvalue weighted by Crippen LogP contribution is -2.68. The molecule has 2 rings (SSSR count). The van der Waals surface area contributed by atoms with Crippen molar-refractivity contribution < 1.29 is 65.1 Å². The normalized spacial score (nSPS) is 16.6. The van der Waals surface area contributed by atoms with Crippen LogP contribution in [0.3, 0.4) is 0 Å². The molecule has 1 unspecified atom stereocenters. The van der Waals surface area contributed by atoms with Gasteiger partial charge in [0.2, 0.25) is 0 Å². The minimum atomic E-state index is -7.95. The van der Waals surface area contributed by atoms with Crippen LogP contribution in [-0.2, 0) is 13.7 Å². The minimum absolute atomic E-state index is 0.133. The Balaban J connectivity index is 2.60. The number of Topliss-reactive ketones (excluding diaryl/α,β-unsaturated/α-hetero) is 1. The van der Waals surface area contributed by atoms with Gasteiger partial charge in [0, 0.05) is 10.5 Å². The molecule has 0 heterocycles. The zero-order chi connectivity index (χ0) is 28.7. The Morgan fingerprint density at radius 3 is 1.57 bits per heavy atom. The van der Waals surface area contributed by atoms with Gasteiger partial charge in [0.1, 0.15) is 0 Å². The lowest BCUT2D eigenvalue weighted by molar-refractivity contribution is -0.413. The van der Waals surface area contributed by atoms with E-state index in [1.54, 1.807) is 0 Å². The molecule has 4 nitrogen and oxygen atoms in total. The predicted octanol–water partition coefficient (Wildman–Crippen LogP) is 6.69. The second-order valence-electron chi connectivity index (χ2n) is 7.51. The molecule has 0 aliphatic heterocycles. The highest BCUT2D eigenvalue weighted by Gasteiger charge is 2.90. The first-order valence-corrected chi connectivity index (χ1v) is 13.0. The van der Waals surface area contributed by atoms with E-state index in [0.717, 1.165) is 12.1 Å². The van der Waals surface area contributed by atoms with Gasteiger partial charge in [-0.05, 0) is 18.4 Å². The molecule has 2 aromatic rings. The molecular weight excluding hydrogens is 577 g/mol. The highest BCUT2D eigenvalue weighted by molar-refractivity contribution is 8.33. The third-order valence-electron chi connectivity index (χ3n) is 4.81. The van der Waals surface area contributed by atoms with E-state index >= 15 is 0 Å². The van der Waals surface area contributed by atoms with Gasteiger partial charge in [0.25, 0.3) is 0 Å². The van der Waals surface area contributed by atoms with Crippen molar-refractivity contribution in [3.8, 4) is 0 Å². The number of carbonyl (C=O) groups is 1. The number of hydrogen-bond donors (Lipinski definition) is 0. The van der Waals surface area contributed by atoms with Crippen molar-refractivity contribution in [1.82, 2.24) is 0 Å². The van der Waals surface area contributed by atoms with Crippen LogP contribution in [0.4, 0.5) is 48.3 Å². The Hall–Kier alpha value is -2.40. The molecule has 0 bridgehead atoms. The van der Waals surface area contributed by atoms with Gasteiger partial charge < -0.3 is 0 Å². The monoisotopic (exact) mass is 592 g/mol. The second-order valence-corrected chi connectivity index (χ2v) is 12.2. The number of benzene rings is 2. The van der Waals surface area contributed by atoms with Crippen LogP contribution in [0.15, 0.2) is 65.6 Å². The Labute approximate surface area is 204 Å². The fourth-order valence-electron chi connectivity index (χ4n) is 2.77. The largest absolute Gasteiger partial charge is 0.460 e. The SMILES string of the molecule is CS(CC(=O)c1ccccc1)(OS(=O)(=O)C(F)(F)C(F)(F)C(F)(F)C(F)(F)C(F)(F)F)c1ccccc1. The fraction of sp³-hybridized carbons (Fsp3) is 0.350. The average Bonchev–Trinajstić information content (AvgIpc) is 2.78. The summed E-state index contributed by atoms with van der Waals surface area (Å²) < 4.78 is 176. The number of alkyl halides is 11. The van der Waals surface area contributed by atoms with Gasteiger partial charge in [-0.15, -0.1) is 0 Å². The molecule has 17 heteroatoms. The van der Waals surface area contributed by atoms with Crippen molar-refractivity contribution in [1.29, 1.82) is 0 Å². The molecular formula is C20H15F11O4S2. The standard InChI is InChI=1S/C20H15F11O4S2/c1-36(14-10-6-3-7-11-14,12-15(32)13-8-4-2-5-9-13)35-37(33,34)20(30,31)18(25,26)16(21,22)17(23,24)19(27,28)29/h2-11H,12H2,1H3. The highest BCUT2D eigenvalue weighted by Crippen LogP contribution is 2.62. The zero-order valence-corrected chi connectivity index (χ0v) is 19.7. The lowest BCUT2D eigenvalue weighted by Gasteiger charge is -2.39. The zero-order valence-electron chi connectivity index (χ0n) is 18.1. The lowest BCUT2D eigenvalue weighted by atomic mass is 10.0. The highest BCUT2D eigenvalue weighted by atomic mass is 32.3. The summed E-state index contributed by atoms with van der Waals surface area (Å²) in [5.41, 5.74) is -0.133. The molecule has 0 aromatic heterocycles. The van der Waals surface area contributed by atoms with Crippen molar-refractivity contribution in [3.05, 3.63) is 66.2 Å². The number of halogens is 11. The Kier molecular flexibility index (Phi) is 8.10. The first kappa shape index (κ1) is 30.8. The van der Waals surface area contributed by atoms with Crippen LogP contribution in [0.25, 0.3) is 0 Å². The van der Waals surface area contributed by atoms with E-state index in [0.29, 0.717) is 6.26 Å². The molecule has 0 saturated heterocycles. The third-order valence-corrected chi connectivity index (χ3v) is 9.69. The van der Waals surface area contributed by atoms with Crippen LogP contribution in [0, 0.1) is 0 Å². The molecule has 37 heavy (non-hydrogen) atoms. The van der Waals surface area contributed by atoms with Crippen molar-refractivity contribution in [2.24, 2.45) is 0 Å². The van der Waals surface area contributed by atoms with Crippen LogP contribution in [-0.4, -0.2) is 55.4 Å². The second kappa shape index (κ2) is 9.72. The molecule has 208 valence electrons. The molecule has 0 N–H and O–H groups in total. The summed E-state index contributed by atoms with van der Waals surface area (Å²) >= 11 is 0. The number of carbonyl (C=O) groups excluding carboxylic acids is 1. The third kappa shape index (κ3) is 5.30. The van der Waals surface area contributed by atoms with Gasteiger partial charge in [-0.1, -0.05) is 58.8 Å². The summed E-state index contributed by atoms with van der Waals surface area (Å²) in [6.45, 7) is 0. The van der Waals surface area contributed by atoms with Gasteiger partial charge in [-0.2, -0.15) is 56.7 Å². The number of hydrogen-bond acceptors (Lipinski definition) is 4. The van der Waals surface area contributed by atoms with Crippen LogP contribution >= 0.6 is 10.3 Å². The summed E-state index contributed by atoms with van der Waals surface area (Å²) in [6, 6.07) is 12.2. The first-order valence-electron chi connectivity index (χ1n) is 9.48. The Morgan fingerprint density at radius 2 is 1.14 bits per heavy atom. The smallest absolute Gasteiger partial charge is 0.293 e. The first-order chi connectivity index (χ1) is 16.6. The molecule has 2 aromatic carbocycles. The molecule has 0 radical (unpaired) electrons. The molecule has 0 amide bonds. The molecule has 0 aliphatic rings. The van der Waals surface area contributed by atoms with Crippen LogP contribution < -0.4 is 0 Å². The molecule has 1 atom stereocenters. The van der Waals surface area contributed by atoms with Crippen molar-refractivity contribution in [2.75, 3.05) is 12.0 Å². The topological polar surface area (TPSA) is 60.4 Å². The number of rotatable bonds is 10. The van der Waals surface area contributed by atoms with Gasteiger partial charge in [0.05, 0.1) is 5.75 Å². The van der Waals surface area contributed by atoms with Gasteiger partial charge in [0.15, 0.2) is 5.78 Å². The van der Waals surface area contributed by atoms with E-state index in [1.807, 2.05) is 0 Å². The quantitative estimate of drug-likeness (QED) is 0.228. The maximum absolute atomic E-state index is 14.4. The van der Waals surface area contributed by atoms with Crippen molar-refractivity contribution >= 4 is 26.2 Å². The summed E-state index contributed by atoms with van der Waals surface area (Å²) in [5, 5.41) is -7.32. The molecule has 0 spiro atoms. The summed E-state index contributed by atoms with van der Waals surface area (Å²) in [4.78, 5) is 12.3. The van der Waals surface area contributed by atoms with E-state index in [2.05, 4.69) is 3.63 Å². The number of ketones is 1. The van der Waals surface area contributed by atoms with Gasteiger partial charge >= 0.3 is 39.3 Å². The molecule has 0 aliphatic carbocycles. The van der Waals surface area contributed by atoms with Crippen molar-refractivity contribution in [2.45, 2.75) is 34.1 Å². The fourth-order valence-corrected chi connectivity index (χ4v) is 7.21. The Morgan fingerprint density at radius 1 is 0.703 bits per heavy atom. The van der Waals surface area contributed by atoms with Crippen LogP contribution in [0.2, 0.25) is 0 Å². The van der Waals surface area contributed by atoms with Crippen molar-refractivity contribution in [3.63, 3.8) is 0 Å². The average molecular weight is 592 g/mol. The van der Waals surface area contributed by atoms with E-state index in [4.69, 9.17) is 0 Å². The van der Waals surface area contributed by atoms with E-state index in [9.17, 15) is 61.5 Å². The van der Waals surface area contributed by atoms with Gasteiger partial charge in [-0.3, -0.25) is 4.79 Å². The van der Waals surface area contributed by atoms with Crippen LogP contribution in [0.5, 0.6) is 0 Å². The van der Waals surface area contributed by atoms with Gasteiger partial charge in [-0.25, -0.2) is 3.63 Å². The molecule has 0 saturated carbocycles. The predicted molar refractivity (Wildman–Crippen MR) is 110 cm³/mol. The maximum Gasteiger partial charge on any atom is 0.460 e. The Bertz CT molecular complexity index is 1220. The minimum Gasteiger partial charge on any atom is -0.293 e. The maximum atomic E-state index is 14.4. The van der Waals surface area contributed by atoms with E-state index < -0.39 is 61.2 Å². The van der Waals surface area contributed by atoms with Crippen LogP contribution in [0.1, 0.15) is 10.4 Å². The molecule has 0 fully saturated rings.